The SMILES string of the molecule is Cc1ccc(S(=O)(=O)N2CCC(C(C)(C)C)C(O)C2)c2cccnc12. The highest BCUT2D eigenvalue weighted by molar-refractivity contribution is 7.89. The van der Waals surface area contributed by atoms with Crippen LogP contribution in [0.5, 0.6) is 0 Å². The minimum absolute atomic E-state index is 0.0459. The van der Waals surface area contributed by atoms with Gasteiger partial charge < -0.3 is 5.11 Å². The van der Waals surface area contributed by atoms with Crippen molar-refractivity contribution in [1.82, 2.24) is 9.29 Å². The Labute approximate surface area is 149 Å². The Morgan fingerprint density at radius 2 is 1.96 bits per heavy atom. The van der Waals surface area contributed by atoms with Crippen LogP contribution in [0.2, 0.25) is 0 Å². The summed E-state index contributed by atoms with van der Waals surface area (Å²) >= 11 is 0. The summed E-state index contributed by atoms with van der Waals surface area (Å²) in [5.41, 5.74) is 1.60. The number of benzene rings is 1. The standard InChI is InChI=1S/C19H26N2O3S/c1-13-7-8-17(14-6-5-10-20-18(13)14)25(23,24)21-11-9-15(16(22)12-21)19(2,3)4/h5-8,10,15-16,22H,9,11-12H2,1-4H3. The molecule has 136 valence electrons. The molecule has 1 aliphatic rings. The molecule has 2 atom stereocenters. The molecule has 1 aromatic heterocycles. The van der Waals surface area contributed by atoms with E-state index in [4.69, 9.17) is 0 Å². The molecular weight excluding hydrogens is 336 g/mol. The topological polar surface area (TPSA) is 70.5 Å². The number of hydrogen-bond acceptors (Lipinski definition) is 4. The van der Waals surface area contributed by atoms with E-state index in [9.17, 15) is 13.5 Å². The maximum absolute atomic E-state index is 13.2. The van der Waals surface area contributed by atoms with Crippen LogP contribution >= 0.6 is 0 Å². The second-order valence-corrected chi connectivity index (χ2v) is 9.88. The number of fused-ring (bicyclic) bond motifs is 1. The van der Waals surface area contributed by atoms with E-state index in [1.165, 1.54) is 4.31 Å². The van der Waals surface area contributed by atoms with Crippen LogP contribution in [-0.4, -0.2) is 42.0 Å². The molecule has 1 saturated heterocycles. The number of β-amino-alcohol motifs (C(OH)–C–C–N with tert-alkyl or cyclic N) is 1. The summed E-state index contributed by atoms with van der Waals surface area (Å²) < 4.78 is 27.8. The third-order valence-corrected chi connectivity index (χ3v) is 7.13. The number of sulfonamides is 1. The van der Waals surface area contributed by atoms with Gasteiger partial charge in [-0.1, -0.05) is 26.8 Å². The van der Waals surface area contributed by atoms with E-state index in [0.717, 1.165) is 5.56 Å². The Bertz CT molecular complexity index is 887. The summed E-state index contributed by atoms with van der Waals surface area (Å²) in [6.07, 6.45) is 1.68. The van der Waals surface area contributed by atoms with Gasteiger partial charge in [0.1, 0.15) is 0 Å². The molecule has 6 heteroatoms. The number of aryl methyl sites for hydroxylation is 1. The van der Waals surface area contributed by atoms with Crippen molar-refractivity contribution in [1.29, 1.82) is 0 Å². The van der Waals surface area contributed by atoms with Crippen LogP contribution in [0.15, 0.2) is 35.4 Å². The zero-order valence-corrected chi connectivity index (χ0v) is 16.0. The van der Waals surface area contributed by atoms with E-state index in [1.54, 1.807) is 30.5 Å². The van der Waals surface area contributed by atoms with Gasteiger partial charge in [-0.15, -0.1) is 0 Å². The van der Waals surface area contributed by atoms with Gasteiger partial charge >= 0.3 is 0 Å². The quantitative estimate of drug-likeness (QED) is 0.892. The fourth-order valence-electron chi connectivity index (χ4n) is 3.78. The molecule has 25 heavy (non-hydrogen) atoms. The summed E-state index contributed by atoms with van der Waals surface area (Å²) in [5.74, 6) is 0.0929. The number of pyridine rings is 1. The third kappa shape index (κ3) is 3.30. The molecule has 1 N–H and O–H groups in total. The lowest BCUT2D eigenvalue weighted by Gasteiger charge is -2.41. The molecule has 2 unspecified atom stereocenters. The third-order valence-electron chi connectivity index (χ3n) is 5.21. The van der Waals surface area contributed by atoms with Gasteiger partial charge in [0.05, 0.1) is 16.5 Å². The average Bonchev–Trinajstić information content (AvgIpc) is 2.54. The Morgan fingerprint density at radius 1 is 1.24 bits per heavy atom. The highest BCUT2D eigenvalue weighted by Crippen LogP contribution is 2.36. The minimum atomic E-state index is -3.67. The van der Waals surface area contributed by atoms with Crippen molar-refractivity contribution in [3.63, 3.8) is 0 Å². The van der Waals surface area contributed by atoms with Crippen molar-refractivity contribution in [3.8, 4) is 0 Å². The van der Waals surface area contributed by atoms with Gasteiger partial charge in [0.25, 0.3) is 0 Å². The van der Waals surface area contributed by atoms with Crippen molar-refractivity contribution < 1.29 is 13.5 Å². The Balaban J connectivity index is 1.98. The second-order valence-electron chi connectivity index (χ2n) is 7.97. The summed E-state index contributed by atoms with van der Waals surface area (Å²) in [6, 6.07) is 6.99. The molecule has 0 aliphatic carbocycles. The van der Waals surface area contributed by atoms with Gasteiger partial charge in [0.15, 0.2) is 0 Å². The van der Waals surface area contributed by atoms with Crippen molar-refractivity contribution in [2.45, 2.75) is 45.1 Å². The van der Waals surface area contributed by atoms with Gasteiger partial charge in [-0.2, -0.15) is 4.31 Å². The molecule has 2 aromatic rings. The summed E-state index contributed by atoms with van der Waals surface area (Å²) in [4.78, 5) is 4.59. The number of aliphatic hydroxyl groups excluding tert-OH is 1. The first-order valence-electron chi connectivity index (χ1n) is 8.65. The summed E-state index contributed by atoms with van der Waals surface area (Å²) in [6.45, 7) is 8.75. The first-order valence-corrected chi connectivity index (χ1v) is 10.1. The average molecular weight is 362 g/mol. The lowest BCUT2D eigenvalue weighted by molar-refractivity contribution is -0.00208. The van der Waals surface area contributed by atoms with Gasteiger partial charge in [0.2, 0.25) is 10.0 Å². The van der Waals surface area contributed by atoms with E-state index in [0.29, 0.717) is 23.9 Å². The Hall–Kier alpha value is -1.50. The molecule has 0 saturated carbocycles. The number of aromatic nitrogens is 1. The molecule has 0 amide bonds. The number of hydrogen-bond donors (Lipinski definition) is 1. The molecule has 0 radical (unpaired) electrons. The molecule has 0 spiro atoms. The first kappa shape index (κ1) is 18.3. The lowest BCUT2D eigenvalue weighted by Crippen LogP contribution is -2.49. The van der Waals surface area contributed by atoms with Gasteiger partial charge in [-0.05, 0) is 48.4 Å². The summed E-state index contributed by atoms with van der Waals surface area (Å²) in [5, 5.41) is 11.2. The number of rotatable bonds is 2. The van der Waals surface area contributed by atoms with E-state index in [-0.39, 0.29) is 22.8 Å². The molecule has 1 fully saturated rings. The Kier molecular flexibility index (Phi) is 4.64. The van der Waals surface area contributed by atoms with Gasteiger partial charge in [-0.3, -0.25) is 4.98 Å². The molecule has 1 aliphatic heterocycles. The van der Waals surface area contributed by atoms with Crippen molar-refractivity contribution in [2.75, 3.05) is 13.1 Å². The maximum Gasteiger partial charge on any atom is 0.243 e. The predicted molar refractivity (Wildman–Crippen MR) is 98.8 cm³/mol. The summed E-state index contributed by atoms with van der Waals surface area (Å²) in [7, 11) is -3.67. The van der Waals surface area contributed by atoms with Crippen LogP contribution in [0, 0.1) is 18.3 Å². The van der Waals surface area contributed by atoms with E-state index < -0.39 is 16.1 Å². The molecular formula is C19H26N2O3S. The van der Waals surface area contributed by atoms with Crippen molar-refractivity contribution in [3.05, 3.63) is 36.0 Å². The predicted octanol–water partition coefficient (Wildman–Crippen LogP) is 2.96. The second kappa shape index (κ2) is 6.34. The Morgan fingerprint density at radius 3 is 2.60 bits per heavy atom. The van der Waals surface area contributed by atoms with Crippen LogP contribution in [0.25, 0.3) is 10.9 Å². The normalized spacial score (nSPS) is 23.1. The van der Waals surface area contributed by atoms with E-state index >= 15 is 0 Å². The fourth-order valence-corrected chi connectivity index (χ4v) is 5.44. The maximum atomic E-state index is 13.2. The van der Waals surface area contributed by atoms with E-state index in [1.807, 2.05) is 6.92 Å². The number of piperidine rings is 1. The van der Waals surface area contributed by atoms with Crippen LogP contribution < -0.4 is 0 Å². The van der Waals surface area contributed by atoms with Crippen molar-refractivity contribution >= 4 is 20.9 Å². The fraction of sp³-hybridized carbons (Fsp3) is 0.526. The van der Waals surface area contributed by atoms with Crippen molar-refractivity contribution in [2.24, 2.45) is 11.3 Å². The van der Waals surface area contributed by atoms with Crippen LogP contribution in [0.1, 0.15) is 32.8 Å². The molecule has 1 aromatic carbocycles. The first-order chi connectivity index (χ1) is 11.6. The largest absolute Gasteiger partial charge is 0.391 e. The zero-order chi connectivity index (χ0) is 18.4. The van der Waals surface area contributed by atoms with Gasteiger partial charge in [0, 0.05) is 24.7 Å². The number of aliphatic hydroxyl groups is 1. The molecule has 5 nitrogen and oxygen atoms in total. The lowest BCUT2D eigenvalue weighted by atomic mass is 9.74. The monoisotopic (exact) mass is 362 g/mol. The van der Waals surface area contributed by atoms with Crippen LogP contribution in [0.4, 0.5) is 0 Å². The minimum Gasteiger partial charge on any atom is -0.391 e. The highest BCUT2D eigenvalue weighted by Gasteiger charge is 2.40. The van der Waals surface area contributed by atoms with E-state index in [2.05, 4.69) is 25.8 Å². The smallest absolute Gasteiger partial charge is 0.243 e. The van der Waals surface area contributed by atoms with Crippen LogP contribution in [0.3, 0.4) is 0 Å². The number of nitrogens with zero attached hydrogens (tertiary/aromatic N) is 2. The molecule has 2 heterocycles. The molecule has 3 rings (SSSR count). The van der Waals surface area contributed by atoms with Gasteiger partial charge in [-0.25, -0.2) is 8.42 Å². The molecule has 0 bridgehead atoms. The highest BCUT2D eigenvalue weighted by atomic mass is 32.2. The van der Waals surface area contributed by atoms with Crippen LogP contribution in [-0.2, 0) is 10.0 Å². The zero-order valence-electron chi connectivity index (χ0n) is 15.2.